The summed E-state index contributed by atoms with van der Waals surface area (Å²) in [5.41, 5.74) is 1.12. The average molecular weight is 300 g/mol. The van der Waals surface area contributed by atoms with Crippen molar-refractivity contribution >= 4 is 5.95 Å². The number of anilines is 1. The number of aryl methyl sites for hydroxylation is 1. The van der Waals surface area contributed by atoms with E-state index in [1.807, 2.05) is 23.9 Å². The average Bonchev–Trinajstić information content (AvgIpc) is 2.93. The Labute approximate surface area is 131 Å². The van der Waals surface area contributed by atoms with Crippen molar-refractivity contribution in [3.63, 3.8) is 0 Å². The quantitative estimate of drug-likeness (QED) is 0.851. The Morgan fingerprint density at radius 2 is 2.09 bits per heavy atom. The number of nitrogens with zero attached hydrogens (tertiary/aromatic N) is 6. The van der Waals surface area contributed by atoms with Crippen molar-refractivity contribution in [2.24, 2.45) is 7.05 Å². The second-order valence-electron chi connectivity index (χ2n) is 7.08. The molecule has 1 saturated heterocycles. The third kappa shape index (κ3) is 2.96. The van der Waals surface area contributed by atoms with Crippen LogP contribution in [-0.2, 0) is 12.5 Å². The van der Waals surface area contributed by atoms with Gasteiger partial charge in [0.05, 0.1) is 5.69 Å². The summed E-state index contributed by atoms with van der Waals surface area (Å²) in [6.45, 7) is 8.44. The Bertz CT molecular complexity index is 642. The highest BCUT2D eigenvalue weighted by molar-refractivity contribution is 5.33. The normalized spacial score (nSPS) is 19.5. The maximum absolute atomic E-state index is 4.78. The molecule has 0 bridgehead atoms. The van der Waals surface area contributed by atoms with E-state index in [4.69, 9.17) is 4.98 Å². The van der Waals surface area contributed by atoms with Gasteiger partial charge in [-0.25, -0.2) is 9.97 Å². The molecule has 0 aromatic carbocycles. The van der Waals surface area contributed by atoms with Gasteiger partial charge in [-0.15, -0.1) is 10.2 Å². The van der Waals surface area contributed by atoms with Gasteiger partial charge >= 0.3 is 0 Å². The van der Waals surface area contributed by atoms with Gasteiger partial charge < -0.3 is 9.47 Å². The fraction of sp³-hybridized carbons (Fsp3) is 0.625. The van der Waals surface area contributed by atoms with Gasteiger partial charge in [0.2, 0.25) is 5.95 Å². The highest BCUT2D eigenvalue weighted by Crippen LogP contribution is 2.28. The molecular formula is C16H24N6. The topological polar surface area (TPSA) is 59.7 Å². The molecular weight excluding hydrogens is 276 g/mol. The molecule has 0 radical (unpaired) electrons. The molecule has 0 amide bonds. The zero-order valence-corrected chi connectivity index (χ0v) is 13.8. The lowest BCUT2D eigenvalue weighted by Crippen LogP contribution is -2.36. The third-order valence-corrected chi connectivity index (χ3v) is 4.23. The summed E-state index contributed by atoms with van der Waals surface area (Å²) in [4.78, 5) is 11.5. The minimum Gasteiger partial charge on any atom is -0.340 e. The Morgan fingerprint density at radius 3 is 2.77 bits per heavy atom. The third-order valence-electron chi connectivity index (χ3n) is 4.23. The molecule has 22 heavy (non-hydrogen) atoms. The zero-order valence-electron chi connectivity index (χ0n) is 13.8. The molecule has 2 aromatic rings. The molecule has 0 spiro atoms. The lowest BCUT2D eigenvalue weighted by atomic mass is 9.92. The second-order valence-corrected chi connectivity index (χ2v) is 7.08. The van der Waals surface area contributed by atoms with Crippen LogP contribution in [0.5, 0.6) is 0 Å². The van der Waals surface area contributed by atoms with Crippen molar-refractivity contribution in [1.82, 2.24) is 24.7 Å². The predicted molar refractivity (Wildman–Crippen MR) is 85.9 cm³/mol. The molecule has 2 aromatic heterocycles. The molecule has 0 N–H and O–H groups in total. The fourth-order valence-electron chi connectivity index (χ4n) is 2.95. The first-order valence-corrected chi connectivity index (χ1v) is 7.87. The van der Waals surface area contributed by atoms with Crippen LogP contribution >= 0.6 is 0 Å². The van der Waals surface area contributed by atoms with Gasteiger partial charge in [-0.3, -0.25) is 0 Å². The van der Waals surface area contributed by atoms with Crippen LogP contribution < -0.4 is 4.90 Å². The first kappa shape index (κ1) is 14.9. The summed E-state index contributed by atoms with van der Waals surface area (Å²) in [5, 5.41) is 8.27. The van der Waals surface area contributed by atoms with Crippen LogP contribution in [0.15, 0.2) is 18.6 Å². The van der Waals surface area contributed by atoms with Crippen molar-refractivity contribution in [2.45, 2.75) is 44.9 Å². The summed E-state index contributed by atoms with van der Waals surface area (Å²) in [6.07, 6.45) is 5.91. The molecule has 1 fully saturated rings. The maximum atomic E-state index is 4.78. The van der Waals surface area contributed by atoms with E-state index < -0.39 is 0 Å². The van der Waals surface area contributed by atoms with Crippen molar-refractivity contribution in [1.29, 1.82) is 0 Å². The van der Waals surface area contributed by atoms with E-state index in [9.17, 15) is 0 Å². The summed E-state index contributed by atoms with van der Waals surface area (Å²) in [6, 6.07) is 2.01. The lowest BCUT2D eigenvalue weighted by Gasteiger charge is -2.32. The van der Waals surface area contributed by atoms with E-state index >= 15 is 0 Å². The molecule has 1 atom stereocenters. The number of aromatic nitrogens is 5. The highest BCUT2D eigenvalue weighted by atomic mass is 15.3. The highest BCUT2D eigenvalue weighted by Gasteiger charge is 2.27. The van der Waals surface area contributed by atoms with Crippen molar-refractivity contribution in [3.8, 4) is 0 Å². The van der Waals surface area contributed by atoms with Crippen LogP contribution in [0, 0.1) is 0 Å². The second kappa shape index (κ2) is 5.66. The van der Waals surface area contributed by atoms with Gasteiger partial charge in [0.25, 0.3) is 0 Å². The molecule has 118 valence electrons. The van der Waals surface area contributed by atoms with Gasteiger partial charge in [-0.2, -0.15) is 0 Å². The first-order chi connectivity index (χ1) is 10.4. The molecule has 0 aliphatic carbocycles. The van der Waals surface area contributed by atoms with Crippen LogP contribution in [-0.4, -0.2) is 37.8 Å². The van der Waals surface area contributed by atoms with Crippen LogP contribution in [0.1, 0.15) is 51.0 Å². The predicted octanol–water partition coefficient (Wildman–Crippen LogP) is 2.29. The maximum Gasteiger partial charge on any atom is 0.225 e. The molecule has 6 heteroatoms. The molecule has 6 nitrogen and oxygen atoms in total. The van der Waals surface area contributed by atoms with Gasteiger partial charge in [0, 0.05) is 37.7 Å². The van der Waals surface area contributed by atoms with Gasteiger partial charge in [-0.1, -0.05) is 20.8 Å². The largest absolute Gasteiger partial charge is 0.340 e. The summed E-state index contributed by atoms with van der Waals surface area (Å²) >= 11 is 0. The SMILES string of the molecule is Cn1cnnc1C1CCCN(c2nccc(C(C)(C)C)n2)C1. The molecule has 1 unspecified atom stereocenters. The fourth-order valence-corrected chi connectivity index (χ4v) is 2.95. The first-order valence-electron chi connectivity index (χ1n) is 7.87. The Kier molecular flexibility index (Phi) is 3.85. The molecule has 3 heterocycles. The molecule has 1 aliphatic rings. The smallest absolute Gasteiger partial charge is 0.225 e. The van der Waals surface area contributed by atoms with Crippen LogP contribution in [0.2, 0.25) is 0 Å². The van der Waals surface area contributed by atoms with E-state index in [1.165, 1.54) is 0 Å². The number of hydrogen-bond acceptors (Lipinski definition) is 5. The minimum atomic E-state index is 0.0382. The van der Waals surface area contributed by atoms with Crippen molar-refractivity contribution in [2.75, 3.05) is 18.0 Å². The molecule has 3 rings (SSSR count). The van der Waals surface area contributed by atoms with Gasteiger partial charge in [0.1, 0.15) is 12.2 Å². The lowest BCUT2D eigenvalue weighted by molar-refractivity contribution is 0.472. The van der Waals surface area contributed by atoms with E-state index in [0.29, 0.717) is 5.92 Å². The molecule has 1 aliphatic heterocycles. The summed E-state index contributed by atoms with van der Waals surface area (Å²) < 4.78 is 2.01. The van der Waals surface area contributed by atoms with Crippen LogP contribution in [0.25, 0.3) is 0 Å². The standard InChI is InChI=1S/C16H24N6/c1-16(2,3)13-7-8-17-15(19-13)22-9-5-6-12(10-22)14-20-18-11-21(14)4/h7-8,11-12H,5-6,9-10H2,1-4H3. The summed E-state index contributed by atoms with van der Waals surface area (Å²) in [7, 11) is 2.00. The number of rotatable bonds is 2. The Balaban J connectivity index is 1.82. The van der Waals surface area contributed by atoms with Gasteiger partial charge in [0.15, 0.2) is 0 Å². The van der Waals surface area contributed by atoms with E-state index in [0.717, 1.165) is 43.4 Å². The zero-order chi connectivity index (χ0) is 15.7. The van der Waals surface area contributed by atoms with E-state index in [1.54, 1.807) is 6.33 Å². The summed E-state index contributed by atoms with van der Waals surface area (Å²) in [5.74, 6) is 2.28. The van der Waals surface area contributed by atoms with Crippen LogP contribution in [0.3, 0.4) is 0 Å². The van der Waals surface area contributed by atoms with E-state index in [-0.39, 0.29) is 5.41 Å². The van der Waals surface area contributed by atoms with Crippen molar-refractivity contribution in [3.05, 3.63) is 30.1 Å². The molecule has 0 saturated carbocycles. The number of hydrogen-bond donors (Lipinski definition) is 0. The minimum absolute atomic E-state index is 0.0382. The monoisotopic (exact) mass is 300 g/mol. The van der Waals surface area contributed by atoms with Crippen LogP contribution in [0.4, 0.5) is 5.95 Å². The Hall–Kier alpha value is -1.98. The van der Waals surface area contributed by atoms with E-state index in [2.05, 4.69) is 40.9 Å². The van der Waals surface area contributed by atoms with Crippen molar-refractivity contribution < 1.29 is 0 Å². The Morgan fingerprint density at radius 1 is 1.27 bits per heavy atom. The number of piperidine rings is 1. The van der Waals surface area contributed by atoms with Gasteiger partial charge in [-0.05, 0) is 18.9 Å².